The fourth-order valence-electron chi connectivity index (χ4n) is 5.92. The highest BCUT2D eigenvalue weighted by Crippen LogP contribution is 2.48. The highest BCUT2D eigenvalue weighted by molar-refractivity contribution is 6.03. The van der Waals surface area contributed by atoms with Crippen molar-refractivity contribution in [3.05, 3.63) is 107 Å². The van der Waals surface area contributed by atoms with Crippen molar-refractivity contribution >= 4 is 39.7 Å². The monoisotopic (exact) mass is 570 g/mol. The van der Waals surface area contributed by atoms with Gasteiger partial charge < -0.3 is 15.5 Å². The first kappa shape index (κ1) is 27.5. The van der Waals surface area contributed by atoms with Gasteiger partial charge in [0, 0.05) is 23.1 Å². The molecule has 9 heteroatoms. The van der Waals surface area contributed by atoms with E-state index in [0.29, 0.717) is 34.6 Å². The molecule has 1 atom stereocenters. The molecular weight excluding hydrogens is 541 g/mol. The Bertz CT molecular complexity index is 1730. The third-order valence-corrected chi connectivity index (χ3v) is 7.75. The number of alkyl halides is 3. The number of nitrogens with one attached hydrogen (secondary N) is 2. The van der Waals surface area contributed by atoms with Crippen molar-refractivity contribution < 1.29 is 22.8 Å². The molecule has 0 radical (unpaired) electrons. The number of allylic oxidation sites excluding steroid dienone is 1. The third kappa shape index (κ3) is 5.34. The summed E-state index contributed by atoms with van der Waals surface area (Å²) in [6, 6.07) is 20.9. The lowest BCUT2D eigenvalue weighted by molar-refractivity contribution is -0.137. The quantitative estimate of drug-likeness (QED) is 0.266. The number of ketones is 1. The minimum atomic E-state index is -4.50. The van der Waals surface area contributed by atoms with Gasteiger partial charge in [-0.15, -0.1) is 0 Å². The molecule has 0 bridgehead atoms. The van der Waals surface area contributed by atoms with E-state index in [1.165, 1.54) is 12.1 Å². The lowest BCUT2D eigenvalue weighted by atomic mass is 9.73. The highest BCUT2D eigenvalue weighted by atomic mass is 19.4. The molecule has 0 saturated carbocycles. The summed E-state index contributed by atoms with van der Waals surface area (Å²) in [5.74, 6) is -0.456. The highest BCUT2D eigenvalue weighted by Gasteiger charge is 2.42. The van der Waals surface area contributed by atoms with Gasteiger partial charge >= 0.3 is 6.18 Å². The van der Waals surface area contributed by atoms with Crippen LogP contribution in [0, 0.1) is 5.41 Å². The largest absolute Gasteiger partial charge is 0.416 e. The Morgan fingerprint density at radius 1 is 1.02 bits per heavy atom. The number of Topliss-reactive ketones (excluding diaryl/α,β-unsaturated/α-hetero) is 1. The number of anilines is 3. The minimum absolute atomic E-state index is 0.101. The summed E-state index contributed by atoms with van der Waals surface area (Å²) in [6.07, 6.45) is -2.07. The molecule has 1 amide bonds. The number of pyridine rings is 1. The molecule has 1 aromatic heterocycles. The van der Waals surface area contributed by atoms with E-state index in [4.69, 9.17) is 0 Å². The van der Waals surface area contributed by atoms with Crippen LogP contribution in [0.5, 0.6) is 0 Å². The number of rotatable bonds is 4. The first-order valence-corrected chi connectivity index (χ1v) is 13.7. The number of amides is 1. The van der Waals surface area contributed by atoms with E-state index in [0.717, 1.165) is 28.7 Å². The van der Waals surface area contributed by atoms with Gasteiger partial charge in [0.1, 0.15) is 0 Å². The van der Waals surface area contributed by atoms with Crippen LogP contribution >= 0.6 is 0 Å². The van der Waals surface area contributed by atoms with Crippen LogP contribution in [0.25, 0.3) is 10.9 Å². The molecule has 2 aliphatic rings. The lowest BCUT2D eigenvalue weighted by Crippen LogP contribution is -2.40. The van der Waals surface area contributed by atoms with E-state index < -0.39 is 17.8 Å². The average molecular weight is 571 g/mol. The van der Waals surface area contributed by atoms with Gasteiger partial charge in [0.25, 0.3) is 0 Å². The summed E-state index contributed by atoms with van der Waals surface area (Å²) in [5.41, 5.74) is 3.27. The molecule has 42 heavy (non-hydrogen) atoms. The van der Waals surface area contributed by atoms with Crippen molar-refractivity contribution in [1.29, 1.82) is 0 Å². The molecule has 6 nitrogen and oxygen atoms in total. The lowest BCUT2D eigenvalue weighted by Gasteiger charge is -2.38. The summed E-state index contributed by atoms with van der Waals surface area (Å²) >= 11 is 0. The summed E-state index contributed by atoms with van der Waals surface area (Å²) in [7, 11) is 0. The molecule has 0 spiro atoms. The second-order valence-corrected chi connectivity index (χ2v) is 11.6. The maximum atomic E-state index is 13.8. The molecule has 4 aromatic rings. The van der Waals surface area contributed by atoms with E-state index in [9.17, 15) is 22.8 Å². The van der Waals surface area contributed by atoms with E-state index in [2.05, 4.69) is 15.6 Å². The van der Waals surface area contributed by atoms with E-state index in [1.54, 1.807) is 11.1 Å². The van der Waals surface area contributed by atoms with Crippen molar-refractivity contribution in [1.82, 2.24) is 4.98 Å². The number of carbonyl (C=O) groups excluding carboxylic acids is 2. The number of nitrogens with zero attached hydrogens (tertiary/aromatic N) is 2. The van der Waals surface area contributed by atoms with Gasteiger partial charge in [0.05, 0.1) is 46.9 Å². The molecule has 3 aromatic carbocycles. The van der Waals surface area contributed by atoms with Gasteiger partial charge in [-0.25, -0.2) is 0 Å². The van der Waals surface area contributed by atoms with Crippen molar-refractivity contribution in [2.75, 3.05) is 22.1 Å². The van der Waals surface area contributed by atoms with Crippen LogP contribution < -0.4 is 15.5 Å². The molecule has 214 valence electrons. The van der Waals surface area contributed by atoms with Gasteiger partial charge in [0.2, 0.25) is 5.91 Å². The fourth-order valence-corrected chi connectivity index (χ4v) is 5.92. The van der Waals surface area contributed by atoms with Gasteiger partial charge in [-0.3, -0.25) is 14.6 Å². The van der Waals surface area contributed by atoms with E-state index >= 15 is 0 Å². The third-order valence-electron chi connectivity index (χ3n) is 7.75. The Morgan fingerprint density at radius 3 is 2.50 bits per heavy atom. The zero-order valence-electron chi connectivity index (χ0n) is 23.1. The molecule has 6 rings (SSSR count). The van der Waals surface area contributed by atoms with Crippen LogP contribution in [0.1, 0.15) is 43.9 Å². The zero-order chi connectivity index (χ0) is 29.6. The molecule has 2 N–H and O–H groups in total. The molecule has 0 saturated heterocycles. The fraction of sp³-hybridized carbons (Fsp3) is 0.242. The Labute approximate surface area is 241 Å². The smallest absolute Gasteiger partial charge is 0.357 e. The van der Waals surface area contributed by atoms with E-state index in [-0.39, 0.29) is 30.1 Å². The molecule has 1 unspecified atom stereocenters. The first-order valence-electron chi connectivity index (χ1n) is 13.7. The number of halogens is 3. The van der Waals surface area contributed by atoms with Crippen LogP contribution in [-0.2, 0) is 15.8 Å². The van der Waals surface area contributed by atoms with Gasteiger partial charge in [0.15, 0.2) is 5.78 Å². The molecule has 2 heterocycles. The van der Waals surface area contributed by atoms with Gasteiger partial charge in [-0.2, -0.15) is 13.2 Å². The summed E-state index contributed by atoms with van der Waals surface area (Å²) in [4.78, 5) is 33.6. The Balaban J connectivity index is 1.44. The molecule has 0 fully saturated rings. The topological polar surface area (TPSA) is 74.3 Å². The van der Waals surface area contributed by atoms with Crippen LogP contribution in [0.3, 0.4) is 0 Å². The summed E-state index contributed by atoms with van der Waals surface area (Å²) in [6.45, 7) is 3.87. The van der Waals surface area contributed by atoms with E-state index in [1.807, 2.05) is 68.4 Å². The number of para-hydroxylation sites is 3. The number of hydrogen-bond acceptors (Lipinski definition) is 5. The molecular formula is C33H29F3N4O2. The number of aromatic nitrogens is 1. The number of fused-ring (bicyclic) bond motifs is 2. The Hall–Kier alpha value is -4.66. The number of hydrogen-bond donors (Lipinski definition) is 2. The second kappa shape index (κ2) is 10.3. The van der Waals surface area contributed by atoms with Crippen molar-refractivity contribution in [2.24, 2.45) is 5.41 Å². The maximum absolute atomic E-state index is 13.8. The predicted molar refractivity (Wildman–Crippen MR) is 157 cm³/mol. The predicted octanol–water partition coefficient (Wildman–Crippen LogP) is 7.51. The maximum Gasteiger partial charge on any atom is 0.416 e. The van der Waals surface area contributed by atoms with Crippen LogP contribution in [0.15, 0.2) is 96.3 Å². The van der Waals surface area contributed by atoms with Crippen molar-refractivity contribution in [2.45, 2.75) is 38.9 Å². The Kier molecular flexibility index (Phi) is 6.75. The van der Waals surface area contributed by atoms with Crippen molar-refractivity contribution in [3.63, 3.8) is 0 Å². The second-order valence-electron chi connectivity index (χ2n) is 11.6. The van der Waals surface area contributed by atoms with Crippen LogP contribution in [0.4, 0.5) is 30.2 Å². The average Bonchev–Trinajstić information content (AvgIpc) is 3.06. The van der Waals surface area contributed by atoms with Crippen molar-refractivity contribution in [3.8, 4) is 0 Å². The first-order chi connectivity index (χ1) is 20.0. The SMILES string of the molecule is CC1(C)CC(=O)C2=C(C1)Nc1ccccc1N(CC(=O)Nc1cnc3ccccc3c1)C2c1ccc(C(F)(F)F)cc1. The minimum Gasteiger partial charge on any atom is -0.357 e. The summed E-state index contributed by atoms with van der Waals surface area (Å²) < 4.78 is 40.4. The van der Waals surface area contributed by atoms with Gasteiger partial charge in [-0.1, -0.05) is 56.3 Å². The van der Waals surface area contributed by atoms with Crippen LogP contribution in [-0.4, -0.2) is 23.2 Å². The van der Waals surface area contributed by atoms with Gasteiger partial charge in [-0.05, 0) is 53.8 Å². The number of benzene rings is 3. The number of carbonyl (C=O) groups is 2. The summed E-state index contributed by atoms with van der Waals surface area (Å²) in [5, 5.41) is 7.24. The van der Waals surface area contributed by atoms with Crippen LogP contribution in [0.2, 0.25) is 0 Å². The molecule has 1 aliphatic heterocycles. The zero-order valence-corrected chi connectivity index (χ0v) is 23.1. The molecule has 1 aliphatic carbocycles. The normalized spacial score (nSPS) is 18.2. The standard InChI is InChI=1S/C33H29F3N4O2/c1-32(2)16-26-30(28(41)17-32)31(20-11-13-22(14-12-20)33(34,35)36)40(27-10-6-5-9-25(27)39-26)19-29(42)38-23-15-21-7-3-4-8-24(21)37-18-23/h3-15,18,31,39H,16-17,19H2,1-2H3,(H,38,42). The Morgan fingerprint density at radius 2 is 1.74 bits per heavy atom.